The molecule has 0 amide bonds. The smallest absolute Gasteiger partial charge is 0.338 e. The van der Waals surface area contributed by atoms with Crippen molar-refractivity contribution in [3.8, 4) is 12.3 Å². The number of anilines is 2. The standard InChI is InChI=1S/C21H20N4O3/c1-3-11-25(16-8-6-15(7-9-16)20(27)28-4-2)13-14-5-10-18-17(12-14)19(26)24-21(22)23-18/h1,5-10,12H,4,11,13H2,2H3,(H3,22,23,24,26). The Labute approximate surface area is 162 Å². The number of aromatic amines is 1. The number of nitrogen functional groups attached to an aromatic ring is 1. The Balaban J connectivity index is 1.87. The van der Waals surface area contributed by atoms with Crippen LogP contribution in [0.5, 0.6) is 0 Å². The Morgan fingerprint density at radius 3 is 2.71 bits per heavy atom. The first kappa shape index (κ1) is 19.0. The van der Waals surface area contributed by atoms with Crippen LogP contribution in [0, 0.1) is 12.3 Å². The van der Waals surface area contributed by atoms with Crippen LogP contribution in [-0.4, -0.2) is 29.1 Å². The predicted molar refractivity (Wildman–Crippen MR) is 109 cm³/mol. The lowest BCUT2D eigenvalue weighted by atomic mass is 10.1. The van der Waals surface area contributed by atoms with Crippen LogP contribution in [0.4, 0.5) is 11.6 Å². The van der Waals surface area contributed by atoms with E-state index in [1.54, 1.807) is 31.2 Å². The molecule has 0 bridgehead atoms. The van der Waals surface area contributed by atoms with Gasteiger partial charge in [0.1, 0.15) is 0 Å². The van der Waals surface area contributed by atoms with E-state index in [2.05, 4.69) is 15.9 Å². The second kappa shape index (κ2) is 8.27. The van der Waals surface area contributed by atoms with E-state index in [0.29, 0.717) is 36.2 Å². The van der Waals surface area contributed by atoms with Crippen molar-refractivity contribution in [1.82, 2.24) is 9.97 Å². The van der Waals surface area contributed by atoms with E-state index in [1.807, 2.05) is 23.1 Å². The molecule has 7 nitrogen and oxygen atoms in total. The molecule has 0 atom stereocenters. The van der Waals surface area contributed by atoms with Crippen molar-refractivity contribution >= 4 is 28.5 Å². The van der Waals surface area contributed by atoms with Gasteiger partial charge < -0.3 is 15.4 Å². The lowest BCUT2D eigenvalue weighted by molar-refractivity contribution is 0.0526. The maximum Gasteiger partial charge on any atom is 0.338 e. The molecule has 1 heterocycles. The Morgan fingerprint density at radius 2 is 2.04 bits per heavy atom. The molecular formula is C21H20N4O3. The fraction of sp³-hybridized carbons (Fsp3) is 0.190. The maximum absolute atomic E-state index is 12.1. The molecule has 0 spiro atoms. The number of hydrogen-bond donors (Lipinski definition) is 2. The monoisotopic (exact) mass is 376 g/mol. The summed E-state index contributed by atoms with van der Waals surface area (Å²) < 4.78 is 5.00. The molecule has 0 aliphatic heterocycles. The minimum absolute atomic E-state index is 0.0842. The zero-order chi connectivity index (χ0) is 20.1. The summed E-state index contributed by atoms with van der Waals surface area (Å²) in [5, 5.41) is 0.463. The predicted octanol–water partition coefficient (Wildman–Crippen LogP) is 2.32. The van der Waals surface area contributed by atoms with Crippen molar-refractivity contribution in [3.05, 3.63) is 63.9 Å². The van der Waals surface area contributed by atoms with Gasteiger partial charge in [0, 0.05) is 12.2 Å². The van der Waals surface area contributed by atoms with Gasteiger partial charge in [-0.15, -0.1) is 6.42 Å². The van der Waals surface area contributed by atoms with Crippen LogP contribution in [0.2, 0.25) is 0 Å². The Hall–Kier alpha value is -3.79. The van der Waals surface area contributed by atoms with E-state index in [0.717, 1.165) is 11.3 Å². The van der Waals surface area contributed by atoms with Crippen molar-refractivity contribution in [2.24, 2.45) is 0 Å². The number of nitrogens with two attached hydrogens (primary N) is 1. The van der Waals surface area contributed by atoms with Crippen molar-refractivity contribution in [1.29, 1.82) is 0 Å². The summed E-state index contributed by atoms with van der Waals surface area (Å²) >= 11 is 0. The Kier molecular flexibility index (Phi) is 5.61. The number of nitrogens with one attached hydrogen (secondary N) is 1. The number of H-pyrrole nitrogens is 1. The number of nitrogens with zero attached hydrogens (tertiary/aromatic N) is 2. The van der Waals surface area contributed by atoms with Crippen LogP contribution in [-0.2, 0) is 11.3 Å². The molecule has 0 saturated carbocycles. The molecule has 3 aromatic rings. The van der Waals surface area contributed by atoms with Gasteiger partial charge in [-0.05, 0) is 48.9 Å². The number of hydrogen-bond acceptors (Lipinski definition) is 6. The van der Waals surface area contributed by atoms with E-state index < -0.39 is 0 Å². The van der Waals surface area contributed by atoms with Gasteiger partial charge in [-0.25, -0.2) is 9.78 Å². The van der Waals surface area contributed by atoms with Crippen LogP contribution in [0.15, 0.2) is 47.3 Å². The van der Waals surface area contributed by atoms with Gasteiger partial charge >= 0.3 is 5.97 Å². The fourth-order valence-electron chi connectivity index (χ4n) is 2.89. The van der Waals surface area contributed by atoms with E-state index in [-0.39, 0.29) is 17.5 Å². The number of fused-ring (bicyclic) bond motifs is 1. The zero-order valence-corrected chi connectivity index (χ0v) is 15.4. The minimum Gasteiger partial charge on any atom is -0.462 e. The molecule has 3 N–H and O–H groups in total. The minimum atomic E-state index is -0.363. The molecule has 0 aliphatic rings. The molecule has 28 heavy (non-hydrogen) atoms. The summed E-state index contributed by atoms with van der Waals surface area (Å²) in [4.78, 5) is 32.5. The maximum atomic E-state index is 12.1. The summed E-state index contributed by atoms with van der Waals surface area (Å²) in [6.07, 6.45) is 5.52. The summed E-state index contributed by atoms with van der Waals surface area (Å²) in [5.41, 5.74) is 8.06. The number of carbonyl (C=O) groups is 1. The summed E-state index contributed by atoms with van der Waals surface area (Å²) in [5.74, 6) is 2.36. The van der Waals surface area contributed by atoms with E-state index in [4.69, 9.17) is 16.9 Å². The van der Waals surface area contributed by atoms with Gasteiger partial charge in [0.2, 0.25) is 5.95 Å². The first-order valence-electron chi connectivity index (χ1n) is 8.76. The lowest BCUT2D eigenvalue weighted by Gasteiger charge is -2.23. The Morgan fingerprint density at radius 1 is 1.29 bits per heavy atom. The highest BCUT2D eigenvalue weighted by atomic mass is 16.5. The number of benzene rings is 2. The molecule has 2 aromatic carbocycles. The largest absolute Gasteiger partial charge is 0.462 e. The third kappa shape index (κ3) is 4.13. The number of aromatic nitrogens is 2. The van der Waals surface area contributed by atoms with Gasteiger partial charge in [0.15, 0.2) is 0 Å². The first-order valence-corrected chi connectivity index (χ1v) is 8.76. The molecule has 0 unspecified atom stereocenters. The summed E-state index contributed by atoms with van der Waals surface area (Å²) in [6.45, 7) is 2.95. The van der Waals surface area contributed by atoms with Crippen molar-refractivity contribution in [3.63, 3.8) is 0 Å². The van der Waals surface area contributed by atoms with Crippen molar-refractivity contribution < 1.29 is 9.53 Å². The van der Waals surface area contributed by atoms with Crippen LogP contribution < -0.4 is 16.2 Å². The Bertz CT molecular complexity index is 1100. The topological polar surface area (TPSA) is 101 Å². The van der Waals surface area contributed by atoms with Gasteiger partial charge in [0.05, 0.1) is 29.6 Å². The molecule has 0 radical (unpaired) electrons. The average molecular weight is 376 g/mol. The highest BCUT2D eigenvalue weighted by Gasteiger charge is 2.11. The molecular weight excluding hydrogens is 356 g/mol. The third-order valence-electron chi connectivity index (χ3n) is 4.19. The molecule has 0 fully saturated rings. The molecule has 7 heteroatoms. The second-order valence-corrected chi connectivity index (χ2v) is 6.13. The highest BCUT2D eigenvalue weighted by molar-refractivity contribution is 5.89. The number of ether oxygens (including phenoxy) is 1. The lowest BCUT2D eigenvalue weighted by Crippen LogP contribution is -2.23. The van der Waals surface area contributed by atoms with Crippen molar-refractivity contribution in [2.75, 3.05) is 23.8 Å². The number of esters is 1. The zero-order valence-electron chi connectivity index (χ0n) is 15.4. The molecule has 1 aromatic heterocycles. The van der Waals surface area contributed by atoms with Crippen LogP contribution in [0.25, 0.3) is 10.9 Å². The summed E-state index contributed by atoms with van der Waals surface area (Å²) in [7, 11) is 0. The molecule has 3 rings (SSSR count). The van der Waals surface area contributed by atoms with Crippen LogP contribution >= 0.6 is 0 Å². The molecule has 142 valence electrons. The first-order chi connectivity index (χ1) is 13.5. The number of rotatable bonds is 6. The van der Waals surface area contributed by atoms with Crippen molar-refractivity contribution in [2.45, 2.75) is 13.5 Å². The van der Waals surface area contributed by atoms with Crippen LogP contribution in [0.3, 0.4) is 0 Å². The highest BCUT2D eigenvalue weighted by Crippen LogP contribution is 2.20. The van der Waals surface area contributed by atoms with Crippen LogP contribution in [0.1, 0.15) is 22.8 Å². The average Bonchev–Trinajstić information content (AvgIpc) is 2.68. The van der Waals surface area contributed by atoms with E-state index in [9.17, 15) is 9.59 Å². The van der Waals surface area contributed by atoms with E-state index >= 15 is 0 Å². The number of carbonyl (C=O) groups excluding carboxylic acids is 1. The van der Waals surface area contributed by atoms with Gasteiger partial charge in [-0.1, -0.05) is 12.0 Å². The fourth-order valence-corrected chi connectivity index (χ4v) is 2.89. The van der Waals surface area contributed by atoms with E-state index in [1.165, 1.54) is 0 Å². The van der Waals surface area contributed by atoms with Gasteiger partial charge in [0.25, 0.3) is 5.56 Å². The third-order valence-corrected chi connectivity index (χ3v) is 4.19. The summed E-state index contributed by atoms with van der Waals surface area (Å²) in [6, 6.07) is 12.5. The quantitative estimate of drug-likeness (QED) is 0.506. The number of terminal acetylenes is 1. The van der Waals surface area contributed by atoms with Gasteiger partial charge in [-0.3, -0.25) is 9.78 Å². The second-order valence-electron chi connectivity index (χ2n) is 6.13. The molecule has 0 saturated heterocycles. The molecule has 0 aliphatic carbocycles. The SMILES string of the molecule is C#CCN(Cc1ccc2nc(N)[nH]c(=O)c2c1)c1ccc(C(=O)OCC)cc1. The van der Waals surface area contributed by atoms with Gasteiger partial charge in [-0.2, -0.15) is 0 Å². The normalized spacial score (nSPS) is 10.4.